The molecule has 0 aromatic heterocycles. The summed E-state index contributed by atoms with van der Waals surface area (Å²) in [4.78, 5) is 11.6. The second kappa shape index (κ2) is 6.39. The molecule has 1 N–H and O–H groups in total. The molecule has 3 nitrogen and oxygen atoms in total. The summed E-state index contributed by atoms with van der Waals surface area (Å²) < 4.78 is 18.3. The van der Waals surface area contributed by atoms with Gasteiger partial charge in [0.2, 0.25) is 0 Å². The minimum Gasteiger partial charge on any atom is -0.444 e. The molecule has 1 amide bonds. The van der Waals surface area contributed by atoms with Crippen LogP contribution in [-0.4, -0.2) is 6.09 Å². The SMILES string of the molecule is Cc1c(F)ccc(NC(=O)OCc2ccccc2)c1Cl. The molecule has 5 heteroatoms. The third-order valence-electron chi connectivity index (χ3n) is 2.77. The highest BCUT2D eigenvalue weighted by Crippen LogP contribution is 2.27. The summed E-state index contributed by atoms with van der Waals surface area (Å²) in [6.07, 6.45) is -0.637. The van der Waals surface area contributed by atoms with Crippen molar-refractivity contribution in [2.24, 2.45) is 0 Å². The number of ether oxygens (including phenoxy) is 1. The van der Waals surface area contributed by atoms with Crippen LogP contribution in [0.1, 0.15) is 11.1 Å². The van der Waals surface area contributed by atoms with Crippen molar-refractivity contribution in [2.75, 3.05) is 5.32 Å². The van der Waals surface area contributed by atoms with Crippen molar-refractivity contribution in [3.05, 3.63) is 64.4 Å². The maximum Gasteiger partial charge on any atom is 0.412 e. The van der Waals surface area contributed by atoms with E-state index in [-0.39, 0.29) is 17.2 Å². The van der Waals surface area contributed by atoms with Gasteiger partial charge in [-0.2, -0.15) is 0 Å². The van der Waals surface area contributed by atoms with Crippen LogP contribution in [0.4, 0.5) is 14.9 Å². The van der Waals surface area contributed by atoms with E-state index in [1.807, 2.05) is 30.3 Å². The van der Waals surface area contributed by atoms with Crippen LogP contribution in [-0.2, 0) is 11.3 Å². The topological polar surface area (TPSA) is 38.3 Å². The number of rotatable bonds is 3. The van der Waals surface area contributed by atoms with Gasteiger partial charge in [-0.05, 0) is 24.6 Å². The second-order valence-corrected chi connectivity index (χ2v) is 4.60. The molecular weight excluding hydrogens is 281 g/mol. The lowest BCUT2D eigenvalue weighted by Gasteiger charge is -2.10. The largest absolute Gasteiger partial charge is 0.444 e. The molecule has 0 aliphatic heterocycles. The van der Waals surface area contributed by atoms with Gasteiger partial charge in [-0.15, -0.1) is 0 Å². The molecule has 0 fully saturated rings. The molecule has 0 saturated heterocycles. The second-order valence-electron chi connectivity index (χ2n) is 4.22. The van der Waals surface area contributed by atoms with Gasteiger partial charge in [0.1, 0.15) is 12.4 Å². The fraction of sp³-hybridized carbons (Fsp3) is 0.133. The highest BCUT2D eigenvalue weighted by Gasteiger charge is 2.11. The third kappa shape index (κ3) is 3.48. The molecule has 2 rings (SSSR count). The number of carbonyl (C=O) groups excluding carboxylic acids is 1. The predicted octanol–water partition coefficient (Wildman–Crippen LogP) is 4.54. The standard InChI is InChI=1S/C15H13ClFNO2/c1-10-12(17)7-8-13(14(10)16)18-15(19)20-9-11-5-3-2-4-6-11/h2-8H,9H2,1H3,(H,18,19). The number of halogens is 2. The minimum atomic E-state index is -0.637. The maximum absolute atomic E-state index is 13.2. The van der Waals surface area contributed by atoms with Crippen LogP contribution in [0.15, 0.2) is 42.5 Å². The lowest BCUT2D eigenvalue weighted by Crippen LogP contribution is -2.14. The highest BCUT2D eigenvalue weighted by atomic mass is 35.5. The Hall–Kier alpha value is -2.07. The smallest absolute Gasteiger partial charge is 0.412 e. The van der Waals surface area contributed by atoms with Crippen LogP contribution in [0.25, 0.3) is 0 Å². The molecule has 0 aliphatic rings. The van der Waals surface area contributed by atoms with Gasteiger partial charge in [-0.1, -0.05) is 41.9 Å². The monoisotopic (exact) mass is 293 g/mol. The van der Waals surface area contributed by atoms with Crippen molar-refractivity contribution >= 4 is 23.4 Å². The Balaban J connectivity index is 1.97. The molecule has 0 unspecified atom stereocenters. The number of hydrogen-bond donors (Lipinski definition) is 1. The average molecular weight is 294 g/mol. The lowest BCUT2D eigenvalue weighted by atomic mass is 10.2. The molecule has 20 heavy (non-hydrogen) atoms. The number of amides is 1. The molecule has 0 aliphatic carbocycles. The molecule has 2 aromatic carbocycles. The first-order valence-electron chi connectivity index (χ1n) is 6.00. The summed E-state index contributed by atoms with van der Waals surface area (Å²) in [6, 6.07) is 11.9. The lowest BCUT2D eigenvalue weighted by molar-refractivity contribution is 0.155. The molecule has 0 heterocycles. The van der Waals surface area contributed by atoms with Gasteiger partial charge in [-0.3, -0.25) is 5.32 Å². The van der Waals surface area contributed by atoms with E-state index >= 15 is 0 Å². The van der Waals surface area contributed by atoms with Crippen molar-refractivity contribution in [1.82, 2.24) is 0 Å². The number of benzene rings is 2. The fourth-order valence-electron chi connectivity index (χ4n) is 1.63. The first-order chi connectivity index (χ1) is 9.58. The van der Waals surface area contributed by atoms with Gasteiger partial charge in [0.15, 0.2) is 0 Å². The normalized spacial score (nSPS) is 10.2. The van der Waals surface area contributed by atoms with Gasteiger partial charge >= 0.3 is 6.09 Å². The summed E-state index contributed by atoms with van der Waals surface area (Å²) in [6.45, 7) is 1.70. The highest BCUT2D eigenvalue weighted by molar-refractivity contribution is 6.34. The van der Waals surface area contributed by atoms with E-state index in [2.05, 4.69) is 5.32 Å². The van der Waals surface area contributed by atoms with Crippen molar-refractivity contribution in [3.8, 4) is 0 Å². The van der Waals surface area contributed by atoms with Crippen LogP contribution in [0, 0.1) is 12.7 Å². The van der Waals surface area contributed by atoms with Crippen LogP contribution in [0.3, 0.4) is 0 Å². The van der Waals surface area contributed by atoms with Crippen LogP contribution in [0.5, 0.6) is 0 Å². The fourth-order valence-corrected chi connectivity index (χ4v) is 1.83. The molecule has 2 aromatic rings. The zero-order valence-electron chi connectivity index (χ0n) is 10.8. The van der Waals surface area contributed by atoms with Gasteiger partial charge < -0.3 is 4.74 Å². The Morgan fingerprint density at radius 1 is 1.25 bits per heavy atom. The van der Waals surface area contributed by atoms with E-state index in [1.165, 1.54) is 19.1 Å². The Bertz CT molecular complexity index is 617. The van der Waals surface area contributed by atoms with Gasteiger partial charge in [-0.25, -0.2) is 9.18 Å². The first kappa shape index (κ1) is 14.3. The molecule has 0 saturated carbocycles. The Morgan fingerprint density at radius 2 is 1.95 bits per heavy atom. The Labute approximate surface area is 121 Å². The van der Waals surface area contributed by atoms with Gasteiger partial charge in [0, 0.05) is 5.56 Å². The third-order valence-corrected chi connectivity index (χ3v) is 3.26. The number of carbonyl (C=O) groups is 1. The summed E-state index contributed by atoms with van der Waals surface area (Å²) in [5, 5.41) is 2.66. The molecule has 104 valence electrons. The minimum absolute atomic E-state index is 0.157. The number of hydrogen-bond acceptors (Lipinski definition) is 2. The Morgan fingerprint density at radius 3 is 2.65 bits per heavy atom. The van der Waals surface area contributed by atoms with Crippen LogP contribution >= 0.6 is 11.6 Å². The van der Waals surface area contributed by atoms with Crippen molar-refractivity contribution in [1.29, 1.82) is 0 Å². The molecule has 0 bridgehead atoms. The van der Waals surface area contributed by atoms with E-state index in [1.54, 1.807) is 0 Å². The molecule has 0 radical (unpaired) electrons. The first-order valence-corrected chi connectivity index (χ1v) is 6.38. The molecule has 0 spiro atoms. The quantitative estimate of drug-likeness (QED) is 0.902. The summed E-state index contributed by atoms with van der Waals surface area (Å²) in [5.41, 5.74) is 1.49. The van der Waals surface area contributed by atoms with E-state index in [9.17, 15) is 9.18 Å². The number of nitrogens with one attached hydrogen (secondary N) is 1. The average Bonchev–Trinajstić information content (AvgIpc) is 2.47. The predicted molar refractivity (Wildman–Crippen MR) is 76.4 cm³/mol. The van der Waals surface area contributed by atoms with Crippen molar-refractivity contribution in [3.63, 3.8) is 0 Å². The molecular formula is C15H13ClFNO2. The summed E-state index contributed by atoms with van der Waals surface area (Å²) in [7, 11) is 0. The van der Waals surface area contributed by atoms with E-state index < -0.39 is 11.9 Å². The van der Waals surface area contributed by atoms with E-state index in [0.29, 0.717) is 5.69 Å². The van der Waals surface area contributed by atoms with Crippen molar-refractivity contribution in [2.45, 2.75) is 13.5 Å². The zero-order valence-corrected chi connectivity index (χ0v) is 11.6. The Kier molecular flexibility index (Phi) is 4.58. The summed E-state index contributed by atoms with van der Waals surface area (Å²) in [5.74, 6) is -0.418. The van der Waals surface area contributed by atoms with E-state index in [4.69, 9.17) is 16.3 Å². The van der Waals surface area contributed by atoms with E-state index in [0.717, 1.165) is 5.56 Å². The zero-order chi connectivity index (χ0) is 14.5. The summed E-state index contributed by atoms with van der Waals surface area (Å²) >= 11 is 5.95. The molecule has 0 atom stereocenters. The van der Waals surface area contributed by atoms with Crippen LogP contribution < -0.4 is 5.32 Å². The number of anilines is 1. The van der Waals surface area contributed by atoms with Gasteiger partial charge in [0.25, 0.3) is 0 Å². The van der Waals surface area contributed by atoms with Crippen molar-refractivity contribution < 1.29 is 13.9 Å². The maximum atomic E-state index is 13.2. The van der Waals surface area contributed by atoms with Gasteiger partial charge in [0.05, 0.1) is 10.7 Å². The van der Waals surface area contributed by atoms with Crippen LogP contribution in [0.2, 0.25) is 5.02 Å².